The molecule has 18 heavy (non-hydrogen) atoms. The van der Waals surface area contributed by atoms with Gasteiger partial charge in [0, 0.05) is 6.04 Å². The predicted octanol–water partition coefficient (Wildman–Crippen LogP) is 1.91. The lowest BCUT2D eigenvalue weighted by atomic mass is 9.98. The van der Waals surface area contributed by atoms with Crippen molar-refractivity contribution < 1.29 is 9.84 Å². The van der Waals surface area contributed by atoms with E-state index < -0.39 is 0 Å². The summed E-state index contributed by atoms with van der Waals surface area (Å²) in [6.45, 7) is 3.15. The van der Waals surface area contributed by atoms with Crippen molar-refractivity contribution in [1.29, 1.82) is 0 Å². The maximum Gasteiger partial charge on any atom is 0.122 e. The number of methoxy groups -OCH3 is 1. The molecule has 3 nitrogen and oxygen atoms in total. The molecule has 2 atom stereocenters. The predicted molar refractivity (Wildman–Crippen MR) is 73.1 cm³/mol. The van der Waals surface area contributed by atoms with E-state index in [1.807, 2.05) is 6.07 Å². The number of ether oxygens (including phenoxy) is 1. The highest BCUT2D eigenvalue weighted by Crippen LogP contribution is 2.22. The Bertz CT molecular complexity index is 386. The van der Waals surface area contributed by atoms with Gasteiger partial charge in [-0.05, 0) is 49.4 Å². The van der Waals surface area contributed by atoms with Crippen LogP contribution >= 0.6 is 0 Å². The van der Waals surface area contributed by atoms with Gasteiger partial charge in [0.15, 0.2) is 0 Å². The summed E-state index contributed by atoms with van der Waals surface area (Å²) in [6.07, 6.45) is 3.64. The smallest absolute Gasteiger partial charge is 0.122 e. The van der Waals surface area contributed by atoms with Crippen LogP contribution in [-0.2, 0) is 12.8 Å². The molecule has 0 spiro atoms. The van der Waals surface area contributed by atoms with Crippen molar-refractivity contribution in [3.8, 4) is 5.75 Å². The fourth-order valence-electron chi connectivity index (χ4n) is 2.66. The second-order valence-electron chi connectivity index (χ2n) is 4.97. The van der Waals surface area contributed by atoms with Crippen molar-refractivity contribution >= 4 is 0 Å². The Labute approximate surface area is 109 Å². The highest BCUT2D eigenvalue weighted by molar-refractivity contribution is 5.37. The monoisotopic (exact) mass is 249 g/mol. The first-order valence-corrected chi connectivity index (χ1v) is 6.81. The third-order valence-corrected chi connectivity index (χ3v) is 3.73. The first-order valence-electron chi connectivity index (χ1n) is 6.81. The van der Waals surface area contributed by atoms with Crippen LogP contribution in [0.25, 0.3) is 0 Å². The van der Waals surface area contributed by atoms with Crippen LogP contribution in [0.4, 0.5) is 0 Å². The second kappa shape index (κ2) is 6.21. The zero-order valence-electron chi connectivity index (χ0n) is 11.3. The molecule has 1 fully saturated rings. The van der Waals surface area contributed by atoms with Crippen LogP contribution in [0.15, 0.2) is 18.2 Å². The van der Waals surface area contributed by atoms with Crippen molar-refractivity contribution in [2.24, 2.45) is 0 Å². The molecule has 3 heteroatoms. The average Bonchev–Trinajstić information content (AvgIpc) is 2.92. The van der Waals surface area contributed by atoms with Crippen LogP contribution in [0.5, 0.6) is 5.75 Å². The van der Waals surface area contributed by atoms with Crippen LogP contribution in [-0.4, -0.2) is 30.9 Å². The van der Waals surface area contributed by atoms with Gasteiger partial charge in [-0.25, -0.2) is 0 Å². The summed E-state index contributed by atoms with van der Waals surface area (Å²) in [4.78, 5) is 0. The summed E-state index contributed by atoms with van der Waals surface area (Å²) >= 11 is 0. The minimum absolute atomic E-state index is 0.261. The van der Waals surface area contributed by atoms with E-state index in [-0.39, 0.29) is 12.1 Å². The van der Waals surface area contributed by atoms with E-state index in [2.05, 4.69) is 24.4 Å². The summed E-state index contributed by atoms with van der Waals surface area (Å²) < 4.78 is 5.32. The Morgan fingerprint density at radius 1 is 1.50 bits per heavy atom. The van der Waals surface area contributed by atoms with Gasteiger partial charge in [-0.3, -0.25) is 0 Å². The molecular weight excluding hydrogens is 226 g/mol. The molecule has 0 amide bonds. The largest absolute Gasteiger partial charge is 0.496 e. The van der Waals surface area contributed by atoms with Gasteiger partial charge in [-0.1, -0.05) is 19.1 Å². The van der Waals surface area contributed by atoms with E-state index in [0.29, 0.717) is 6.42 Å². The van der Waals surface area contributed by atoms with Gasteiger partial charge in [0.1, 0.15) is 5.75 Å². The van der Waals surface area contributed by atoms with Crippen molar-refractivity contribution in [3.05, 3.63) is 29.3 Å². The zero-order valence-corrected chi connectivity index (χ0v) is 11.3. The van der Waals surface area contributed by atoms with Crippen LogP contribution in [0, 0.1) is 0 Å². The van der Waals surface area contributed by atoms with Crippen LogP contribution in [0.3, 0.4) is 0 Å². The summed E-state index contributed by atoms with van der Waals surface area (Å²) in [7, 11) is 1.70. The minimum Gasteiger partial charge on any atom is -0.496 e. The normalized spacial score (nSPS) is 20.9. The van der Waals surface area contributed by atoms with E-state index in [9.17, 15) is 5.11 Å². The average molecular weight is 249 g/mol. The molecule has 0 aliphatic carbocycles. The van der Waals surface area contributed by atoms with E-state index in [1.54, 1.807) is 7.11 Å². The van der Waals surface area contributed by atoms with Crippen LogP contribution in [0.2, 0.25) is 0 Å². The maximum atomic E-state index is 10.2. The van der Waals surface area contributed by atoms with Gasteiger partial charge in [-0.15, -0.1) is 0 Å². The van der Waals surface area contributed by atoms with Crippen molar-refractivity contribution in [1.82, 2.24) is 5.32 Å². The van der Waals surface area contributed by atoms with Gasteiger partial charge >= 0.3 is 0 Å². The Hall–Kier alpha value is -1.06. The molecule has 100 valence electrons. The van der Waals surface area contributed by atoms with E-state index in [1.165, 1.54) is 17.5 Å². The first kappa shape index (κ1) is 13.4. The van der Waals surface area contributed by atoms with Gasteiger partial charge in [-0.2, -0.15) is 0 Å². The molecule has 2 unspecified atom stereocenters. The second-order valence-corrected chi connectivity index (χ2v) is 4.97. The molecule has 0 saturated carbocycles. The number of nitrogens with one attached hydrogen (secondary N) is 1. The van der Waals surface area contributed by atoms with Crippen LogP contribution < -0.4 is 10.1 Å². The number of aliphatic hydroxyl groups excluding tert-OH is 1. The van der Waals surface area contributed by atoms with E-state index in [0.717, 1.165) is 25.1 Å². The van der Waals surface area contributed by atoms with Crippen molar-refractivity contribution in [2.45, 2.75) is 44.8 Å². The molecule has 0 aromatic heterocycles. The molecule has 2 N–H and O–H groups in total. The number of benzene rings is 1. The number of hydrogen-bond donors (Lipinski definition) is 2. The quantitative estimate of drug-likeness (QED) is 0.837. The standard InChI is InChI=1S/C15H23NO2/c1-3-12-9-11(6-7-15(12)18-2)10-14(17)13-5-4-8-16-13/h6-7,9,13-14,16-17H,3-5,8,10H2,1-2H3. The fraction of sp³-hybridized carbons (Fsp3) is 0.600. The molecule has 1 aliphatic heterocycles. The molecule has 1 aromatic rings. The van der Waals surface area contributed by atoms with Crippen LogP contribution in [0.1, 0.15) is 30.9 Å². The number of rotatable bonds is 5. The van der Waals surface area contributed by atoms with E-state index >= 15 is 0 Å². The molecular formula is C15H23NO2. The van der Waals surface area contributed by atoms with Gasteiger partial charge < -0.3 is 15.2 Å². The Balaban J connectivity index is 2.04. The number of aliphatic hydroxyl groups is 1. The maximum absolute atomic E-state index is 10.2. The molecule has 1 aliphatic rings. The Morgan fingerprint density at radius 3 is 2.94 bits per heavy atom. The number of hydrogen-bond acceptors (Lipinski definition) is 3. The molecule has 1 saturated heterocycles. The minimum atomic E-state index is -0.286. The van der Waals surface area contributed by atoms with Gasteiger partial charge in [0.2, 0.25) is 0 Å². The third kappa shape index (κ3) is 3.03. The SMILES string of the molecule is CCc1cc(CC(O)C2CCCN2)ccc1OC. The summed E-state index contributed by atoms with van der Waals surface area (Å²) in [5, 5.41) is 13.6. The Kier molecular flexibility index (Phi) is 4.61. The van der Waals surface area contributed by atoms with E-state index in [4.69, 9.17) is 4.74 Å². The first-order chi connectivity index (χ1) is 8.74. The molecule has 2 rings (SSSR count). The lowest BCUT2D eigenvalue weighted by molar-refractivity contribution is 0.136. The lowest BCUT2D eigenvalue weighted by Gasteiger charge is -2.19. The highest BCUT2D eigenvalue weighted by atomic mass is 16.5. The topological polar surface area (TPSA) is 41.5 Å². The van der Waals surface area contributed by atoms with Gasteiger partial charge in [0.25, 0.3) is 0 Å². The summed E-state index contributed by atoms with van der Waals surface area (Å²) in [5.41, 5.74) is 2.40. The Morgan fingerprint density at radius 2 is 2.33 bits per heavy atom. The van der Waals surface area contributed by atoms with Crippen molar-refractivity contribution in [2.75, 3.05) is 13.7 Å². The number of aryl methyl sites for hydroxylation is 1. The molecule has 1 aromatic carbocycles. The fourth-order valence-corrected chi connectivity index (χ4v) is 2.66. The summed E-state index contributed by atoms with van der Waals surface area (Å²) in [5.74, 6) is 0.940. The summed E-state index contributed by atoms with van der Waals surface area (Å²) in [6, 6.07) is 6.47. The third-order valence-electron chi connectivity index (χ3n) is 3.73. The highest BCUT2D eigenvalue weighted by Gasteiger charge is 2.22. The lowest BCUT2D eigenvalue weighted by Crippen LogP contribution is -2.36. The molecule has 1 heterocycles. The molecule has 0 radical (unpaired) electrons. The van der Waals surface area contributed by atoms with Gasteiger partial charge in [0.05, 0.1) is 13.2 Å². The molecule has 0 bridgehead atoms. The zero-order chi connectivity index (χ0) is 13.0. The van der Waals surface area contributed by atoms with Crippen molar-refractivity contribution in [3.63, 3.8) is 0 Å².